The zero-order chi connectivity index (χ0) is 15.3. The zero-order valence-electron chi connectivity index (χ0n) is 10.8. The lowest BCUT2D eigenvalue weighted by Crippen LogP contribution is -2.14. The number of rotatable bonds is 5. The topological polar surface area (TPSA) is 79.2 Å². The van der Waals surface area contributed by atoms with Crippen LogP contribution in [0.25, 0.3) is 0 Å². The highest BCUT2D eigenvalue weighted by Gasteiger charge is 2.16. The van der Waals surface area contributed by atoms with E-state index in [-0.39, 0.29) is 22.9 Å². The fourth-order valence-corrected chi connectivity index (χ4v) is 2.67. The highest BCUT2D eigenvalue weighted by molar-refractivity contribution is 7.92. The molecule has 0 heterocycles. The largest absolute Gasteiger partial charge is 0.477 e. The molecule has 0 saturated carbocycles. The van der Waals surface area contributed by atoms with Gasteiger partial charge >= 0.3 is 0 Å². The van der Waals surface area contributed by atoms with Gasteiger partial charge in [-0.1, -0.05) is 12.1 Å². The average molecular weight is 306 g/mol. The summed E-state index contributed by atoms with van der Waals surface area (Å²) in [5.41, 5.74) is 0.206. The third-order valence-electron chi connectivity index (χ3n) is 2.55. The van der Waals surface area contributed by atoms with Gasteiger partial charge in [-0.2, -0.15) is 5.26 Å². The predicted molar refractivity (Wildman–Crippen MR) is 74.8 cm³/mol. The maximum atomic E-state index is 12.8. The monoisotopic (exact) mass is 306 g/mol. The van der Waals surface area contributed by atoms with Crippen molar-refractivity contribution in [1.82, 2.24) is 0 Å². The standard InChI is InChI=1S/C14H11FN2O3S/c15-11-5-7-12(8-6-11)21(18,19)17-13-3-1-2-4-14(13)20-10-9-16/h1-8,17H,10H2. The lowest BCUT2D eigenvalue weighted by Gasteiger charge is -2.12. The molecule has 0 fully saturated rings. The van der Waals surface area contributed by atoms with Crippen LogP contribution in [-0.2, 0) is 10.0 Å². The van der Waals surface area contributed by atoms with Crippen LogP contribution in [0.4, 0.5) is 10.1 Å². The van der Waals surface area contributed by atoms with E-state index >= 15 is 0 Å². The van der Waals surface area contributed by atoms with Crippen molar-refractivity contribution in [3.8, 4) is 11.8 Å². The van der Waals surface area contributed by atoms with E-state index in [0.717, 1.165) is 24.3 Å². The number of hydrogen-bond donors (Lipinski definition) is 1. The van der Waals surface area contributed by atoms with Crippen LogP contribution in [0.3, 0.4) is 0 Å². The van der Waals surface area contributed by atoms with Gasteiger partial charge in [0, 0.05) is 0 Å². The van der Waals surface area contributed by atoms with E-state index in [1.807, 2.05) is 0 Å². The van der Waals surface area contributed by atoms with Crippen molar-refractivity contribution in [3.63, 3.8) is 0 Å². The summed E-state index contributed by atoms with van der Waals surface area (Å²) >= 11 is 0. The van der Waals surface area contributed by atoms with Crippen LogP contribution in [0.2, 0.25) is 0 Å². The highest BCUT2D eigenvalue weighted by Crippen LogP contribution is 2.26. The summed E-state index contributed by atoms with van der Waals surface area (Å²) in [5.74, 6) is -0.281. The van der Waals surface area contributed by atoms with Gasteiger partial charge in [-0.25, -0.2) is 12.8 Å². The van der Waals surface area contributed by atoms with E-state index in [4.69, 9.17) is 10.00 Å². The number of nitrogens with one attached hydrogen (secondary N) is 1. The number of nitriles is 1. The van der Waals surface area contributed by atoms with Gasteiger partial charge in [-0.3, -0.25) is 4.72 Å². The molecule has 7 heteroatoms. The Kier molecular flexibility index (Phi) is 4.40. The van der Waals surface area contributed by atoms with E-state index in [2.05, 4.69) is 4.72 Å². The van der Waals surface area contributed by atoms with Gasteiger partial charge in [0.2, 0.25) is 0 Å². The first-order chi connectivity index (χ1) is 10.0. The summed E-state index contributed by atoms with van der Waals surface area (Å²) in [6, 6.07) is 12.6. The van der Waals surface area contributed by atoms with Gasteiger partial charge < -0.3 is 4.74 Å². The molecule has 1 N–H and O–H groups in total. The Hall–Kier alpha value is -2.59. The second kappa shape index (κ2) is 6.24. The van der Waals surface area contributed by atoms with E-state index in [0.29, 0.717) is 0 Å². The molecule has 108 valence electrons. The summed E-state index contributed by atoms with van der Waals surface area (Å²) in [6.45, 7) is -0.199. The smallest absolute Gasteiger partial charge is 0.262 e. The Morgan fingerprint density at radius 2 is 1.81 bits per heavy atom. The number of sulfonamides is 1. The lowest BCUT2D eigenvalue weighted by atomic mass is 10.3. The van der Waals surface area contributed by atoms with Gasteiger partial charge in [0.25, 0.3) is 10.0 Å². The van der Waals surface area contributed by atoms with Crippen molar-refractivity contribution in [3.05, 3.63) is 54.3 Å². The summed E-state index contributed by atoms with van der Waals surface area (Å²) < 4.78 is 44.7. The molecule has 0 radical (unpaired) electrons. The molecule has 0 atom stereocenters. The van der Waals surface area contributed by atoms with Crippen LogP contribution in [0.15, 0.2) is 53.4 Å². The van der Waals surface area contributed by atoms with Crippen LogP contribution in [0.5, 0.6) is 5.75 Å². The molecule has 2 aromatic carbocycles. The number of ether oxygens (including phenoxy) is 1. The molecule has 0 aromatic heterocycles. The Morgan fingerprint density at radius 1 is 1.14 bits per heavy atom. The average Bonchev–Trinajstić information content (AvgIpc) is 2.46. The Labute approximate surface area is 121 Å². The zero-order valence-corrected chi connectivity index (χ0v) is 11.6. The van der Waals surface area contributed by atoms with Crippen molar-refractivity contribution in [2.24, 2.45) is 0 Å². The SMILES string of the molecule is N#CCOc1ccccc1NS(=O)(=O)c1ccc(F)cc1. The minimum Gasteiger partial charge on any atom is -0.477 e. The number of anilines is 1. The van der Waals surface area contributed by atoms with Crippen molar-refractivity contribution in [1.29, 1.82) is 5.26 Å². The number of nitrogens with zero attached hydrogens (tertiary/aromatic N) is 1. The summed E-state index contributed by atoms with van der Waals surface area (Å²) in [5, 5.41) is 8.51. The van der Waals surface area contributed by atoms with Crippen LogP contribution in [-0.4, -0.2) is 15.0 Å². The number of halogens is 1. The van der Waals surface area contributed by atoms with Gasteiger partial charge in [0.05, 0.1) is 10.6 Å². The van der Waals surface area contributed by atoms with Gasteiger partial charge in [0.15, 0.2) is 6.61 Å². The molecule has 0 saturated heterocycles. The molecule has 0 spiro atoms. The van der Waals surface area contributed by atoms with E-state index in [1.54, 1.807) is 24.3 Å². The summed E-state index contributed by atoms with van der Waals surface area (Å²) in [6.07, 6.45) is 0. The molecule has 0 aliphatic heterocycles. The Morgan fingerprint density at radius 3 is 2.48 bits per heavy atom. The van der Waals surface area contributed by atoms with Crippen LogP contribution in [0.1, 0.15) is 0 Å². The first-order valence-electron chi connectivity index (χ1n) is 5.90. The molecule has 0 amide bonds. The maximum absolute atomic E-state index is 12.8. The number of benzene rings is 2. The summed E-state index contributed by atoms with van der Waals surface area (Å²) in [4.78, 5) is -0.0704. The molecule has 0 aliphatic rings. The molecule has 2 rings (SSSR count). The van der Waals surface area contributed by atoms with Crippen molar-refractivity contribution < 1.29 is 17.5 Å². The Bertz CT molecular complexity index is 768. The minimum atomic E-state index is -3.86. The normalized spacial score (nSPS) is 10.7. The molecule has 2 aromatic rings. The summed E-state index contributed by atoms with van der Waals surface area (Å²) in [7, 11) is -3.86. The third-order valence-corrected chi connectivity index (χ3v) is 3.93. The van der Waals surface area contributed by atoms with E-state index in [1.165, 1.54) is 6.07 Å². The predicted octanol–water partition coefficient (Wildman–Crippen LogP) is 2.53. The van der Waals surface area contributed by atoms with Crippen molar-refractivity contribution >= 4 is 15.7 Å². The molecule has 0 aliphatic carbocycles. The molecule has 0 unspecified atom stereocenters. The van der Waals surface area contributed by atoms with Crippen molar-refractivity contribution in [2.45, 2.75) is 4.90 Å². The van der Waals surface area contributed by atoms with Crippen LogP contribution in [0, 0.1) is 17.1 Å². The second-order valence-corrected chi connectivity index (χ2v) is 5.68. The third kappa shape index (κ3) is 3.70. The van der Waals surface area contributed by atoms with Crippen molar-refractivity contribution in [2.75, 3.05) is 11.3 Å². The molecule has 21 heavy (non-hydrogen) atoms. The molecule has 0 bridgehead atoms. The maximum Gasteiger partial charge on any atom is 0.262 e. The molecular formula is C14H11FN2O3S. The number of para-hydroxylation sites is 2. The quantitative estimate of drug-likeness (QED) is 0.920. The lowest BCUT2D eigenvalue weighted by molar-refractivity contribution is 0.370. The highest BCUT2D eigenvalue weighted by atomic mass is 32.2. The molecular weight excluding hydrogens is 295 g/mol. The fourth-order valence-electron chi connectivity index (χ4n) is 1.60. The van der Waals surface area contributed by atoms with E-state index < -0.39 is 15.8 Å². The minimum absolute atomic E-state index is 0.0704. The van der Waals surface area contributed by atoms with Gasteiger partial charge in [-0.15, -0.1) is 0 Å². The Balaban J connectivity index is 2.29. The second-order valence-electron chi connectivity index (χ2n) is 4.00. The molecule has 5 nitrogen and oxygen atoms in total. The van der Waals surface area contributed by atoms with Crippen LogP contribution < -0.4 is 9.46 Å². The first-order valence-corrected chi connectivity index (χ1v) is 7.38. The van der Waals surface area contributed by atoms with E-state index in [9.17, 15) is 12.8 Å². The van der Waals surface area contributed by atoms with Crippen LogP contribution >= 0.6 is 0 Å². The fraction of sp³-hybridized carbons (Fsp3) is 0.0714. The first kappa shape index (κ1) is 14.8. The van der Waals surface area contributed by atoms with Gasteiger partial charge in [-0.05, 0) is 36.4 Å². The number of hydrogen-bond acceptors (Lipinski definition) is 4. The van der Waals surface area contributed by atoms with Gasteiger partial charge in [0.1, 0.15) is 17.6 Å².